The quantitative estimate of drug-likeness (QED) is 0.535. The van der Waals surface area contributed by atoms with Gasteiger partial charge in [-0.3, -0.25) is 9.78 Å². The average Bonchev–Trinajstić information content (AvgIpc) is 3.13. The Hall–Kier alpha value is -3.05. The second kappa shape index (κ2) is 7.68. The highest BCUT2D eigenvalue weighted by molar-refractivity contribution is 7.12. The molecule has 5 heteroatoms. The maximum atomic E-state index is 13.3. The van der Waals surface area contributed by atoms with Crippen LogP contribution >= 0.6 is 11.3 Å². The number of halogens is 1. The Bertz CT molecular complexity index is 1110. The SMILES string of the molecule is O=C(NCc1ccc(Cc2cccc(F)c2)s1)c1ccc2ncccc2c1. The molecule has 1 amide bonds. The number of carbonyl (C=O) groups is 1. The molecule has 0 radical (unpaired) electrons. The van der Waals surface area contributed by atoms with Crippen molar-refractivity contribution in [2.24, 2.45) is 0 Å². The summed E-state index contributed by atoms with van der Waals surface area (Å²) < 4.78 is 13.3. The van der Waals surface area contributed by atoms with Crippen LogP contribution in [0.1, 0.15) is 25.7 Å². The zero-order chi connectivity index (χ0) is 18.6. The fourth-order valence-electron chi connectivity index (χ4n) is 2.95. The highest BCUT2D eigenvalue weighted by Crippen LogP contribution is 2.21. The van der Waals surface area contributed by atoms with Gasteiger partial charge in [0.05, 0.1) is 12.1 Å². The van der Waals surface area contributed by atoms with E-state index in [0.29, 0.717) is 18.5 Å². The van der Waals surface area contributed by atoms with E-state index in [1.54, 1.807) is 35.7 Å². The van der Waals surface area contributed by atoms with Crippen LogP contribution in [0.25, 0.3) is 10.9 Å². The molecule has 2 aromatic carbocycles. The second-order valence-electron chi connectivity index (χ2n) is 6.27. The summed E-state index contributed by atoms with van der Waals surface area (Å²) >= 11 is 1.63. The van der Waals surface area contributed by atoms with Crippen molar-refractivity contribution in [2.75, 3.05) is 0 Å². The molecular formula is C22H17FN2OS. The van der Waals surface area contributed by atoms with E-state index in [9.17, 15) is 9.18 Å². The molecule has 4 aromatic rings. The van der Waals surface area contributed by atoms with Gasteiger partial charge in [0.25, 0.3) is 5.91 Å². The monoisotopic (exact) mass is 376 g/mol. The predicted octanol–water partition coefficient (Wildman–Crippen LogP) is 4.96. The molecular weight excluding hydrogens is 359 g/mol. The number of aromatic nitrogens is 1. The summed E-state index contributed by atoms with van der Waals surface area (Å²) in [5.74, 6) is -0.331. The van der Waals surface area contributed by atoms with E-state index in [4.69, 9.17) is 0 Å². The van der Waals surface area contributed by atoms with Gasteiger partial charge in [0, 0.05) is 33.3 Å². The Morgan fingerprint density at radius 1 is 1.00 bits per heavy atom. The maximum Gasteiger partial charge on any atom is 0.251 e. The van der Waals surface area contributed by atoms with Gasteiger partial charge in [0.15, 0.2) is 0 Å². The third-order valence-electron chi connectivity index (χ3n) is 4.27. The fourth-order valence-corrected chi connectivity index (χ4v) is 3.94. The van der Waals surface area contributed by atoms with Gasteiger partial charge < -0.3 is 5.32 Å². The van der Waals surface area contributed by atoms with Gasteiger partial charge in [0.2, 0.25) is 0 Å². The summed E-state index contributed by atoms with van der Waals surface area (Å²) in [6.45, 7) is 0.470. The van der Waals surface area contributed by atoms with Crippen molar-refractivity contribution in [3.63, 3.8) is 0 Å². The Labute approximate surface area is 160 Å². The van der Waals surface area contributed by atoms with Gasteiger partial charge in [-0.25, -0.2) is 4.39 Å². The zero-order valence-electron chi connectivity index (χ0n) is 14.5. The third kappa shape index (κ3) is 4.20. The van der Waals surface area contributed by atoms with Gasteiger partial charge in [-0.15, -0.1) is 11.3 Å². The largest absolute Gasteiger partial charge is 0.347 e. The summed E-state index contributed by atoms with van der Waals surface area (Å²) in [7, 11) is 0. The molecule has 0 aliphatic carbocycles. The van der Waals surface area contributed by atoms with Crippen LogP contribution in [0.15, 0.2) is 72.9 Å². The van der Waals surface area contributed by atoms with Gasteiger partial charge in [-0.1, -0.05) is 18.2 Å². The molecule has 134 valence electrons. The minimum absolute atomic E-state index is 0.110. The van der Waals surface area contributed by atoms with Crippen molar-refractivity contribution in [3.8, 4) is 0 Å². The van der Waals surface area contributed by atoms with Crippen LogP contribution in [0.2, 0.25) is 0 Å². The number of benzene rings is 2. The molecule has 0 aliphatic rings. The number of fused-ring (bicyclic) bond motifs is 1. The van der Waals surface area contributed by atoms with Crippen molar-refractivity contribution in [1.82, 2.24) is 10.3 Å². The van der Waals surface area contributed by atoms with E-state index in [1.807, 2.05) is 42.5 Å². The summed E-state index contributed by atoms with van der Waals surface area (Å²) in [5.41, 5.74) is 2.43. The minimum Gasteiger partial charge on any atom is -0.347 e. The molecule has 0 unspecified atom stereocenters. The Kier molecular flexibility index (Phi) is 4.94. The number of hydrogen-bond acceptors (Lipinski definition) is 3. The third-order valence-corrected chi connectivity index (χ3v) is 5.36. The molecule has 4 rings (SSSR count). The average molecular weight is 376 g/mol. The van der Waals surface area contributed by atoms with Gasteiger partial charge >= 0.3 is 0 Å². The fraction of sp³-hybridized carbons (Fsp3) is 0.0909. The molecule has 1 N–H and O–H groups in total. The first kappa shape index (κ1) is 17.4. The van der Waals surface area contributed by atoms with Gasteiger partial charge in [-0.05, 0) is 54.1 Å². The molecule has 0 spiro atoms. The topological polar surface area (TPSA) is 42.0 Å². The lowest BCUT2D eigenvalue weighted by atomic mass is 10.1. The number of rotatable bonds is 5. The molecule has 0 bridgehead atoms. The van der Waals surface area contributed by atoms with Crippen LogP contribution < -0.4 is 5.32 Å². The first-order chi connectivity index (χ1) is 13.2. The van der Waals surface area contributed by atoms with Crippen LogP contribution in [-0.2, 0) is 13.0 Å². The minimum atomic E-state index is -0.220. The van der Waals surface area contributed by atoms with Crippen LogP contribution in [0.4, 0.5) is 4.39 Å². The van der Waals surface area contributed by atoms with E-state index in [1.165, 1.54) is 6.07 Å². The molecule has 0 fully saturated rings. The molecule has 2 heterocycles. The van der Waals surface area contributed by atoms with E-state index >= 15 is 0 Å². The van der Waals surface area contributed by atoms with Gasteiger partial charge in [-0.2, -0.15) is 0 Å². The summed E-state index contributed by atoms with van der Waals surface area (Å²) in [6.07, 6.45) is 2.42. The van der Waals surface area contributed by atoms with Gasteiger partial charge in [0.1, 0.15) is 5.82 Å². The lowest BCUT2D eigenvalue weighted by Gasteiger charge is -2.05. The van der Waals surface area contributed by atoms with E-state index in [2.05, 4.69) is 10.3 Å². The molecule has 3 nitrogen and oxygen atoms in total. The lowest BCUT2D eigenvalue weighted by molar-refractivity contribution is 0.0951. The molecule has 0 atom stereocenters. The van der Waals surface area contributed by atoms with Crippen LogP contribution in [-0.4, -0.2) is 10.9 Å². The second-order valence-corrected chi connectivity index (χ2v) is 7.52. The maximum absolute atomic E-state index is 13.3. The van der Waals surface area contributed by atoms with Crippen LogP contribution in [0, 0.1) is 5.82 Å². The summed E-state index contributed by atoms with van der Waals surface area (Å²) in [5, 5.41) is 3.90. The number of nitrogens with one attached hydrogen (secondary N) is 1. The Balaban J connectivity index is 1.39. The van der Waals surface area contributed by atoms with E-state index < -0.39 is 0 Å². The van der Waals surface area contributed by atoms with Crippen molar-refractivity contribution in [2.45, 2.75) is 13.0 Å². The van der Waals surface area contributed by atoms with E-state index in [-0.39, 0.29) is 11.7 Å². The predicted molar refractivity (Wildman–Crippen MR) is 106 cm³/mol. The normalized spacial score (nSPS) is 10.9. The molecule has 27 heavy (non-hydrogen) atoms. The Morgan fingerprint density at radius 3 is 2.78 bits per heavy atom. The lowest BCUT2D eigenvalue weighted by Crippen LogP contribution is -2.22. The first-order valence-electron chi connectivity index (χ1n) is 8.62. The molecule has 0 saturated carbocycles. The number of amides is 1. The van der Waals surface area contributed by atoms with Crippen molar-refractivity contribution in [1.29, 1.82) is 0 Å². The number of carbonyl (C=O) groups excluding carboxylic acids is 1. The highest BCUT2D eigenvalue weighted by atomic mass is 32.1. The Morgan fingerprint density at radius 2 is 1.89 bits per heavy atom. The van der Waals surface area contributed by atoms with Crippen molar-refractivity contribution >= 4 is 28.1 Å². The van der Waals surface area contributed by atoms with Crippen LogP contribution in [0.3, 0.4) is 0 Å². The number of nitrogens with zero attached hydrogens (tertiary/aromatic N) is 1. The zero-order valence-corrected chi connectivity index (χ0v) is 15.3. The highest BCUT2D eigenvalue weighted by Gasteiger charge is 2.08. The molecule has 0 saturated heterocycles. The number of thiophene rings is 1. The number of pyridine rings is 1. The standard InChI is InChI=1S/C22H17FN2OS/c23-18-5-1-3-15(11-18)12-19-7-8-20(27-19)14-25-22(26)17-6-9-21-16(13-17)4-2-10-24-21/h1-11,13H,12,14H2,(H,25,26). The smallest absolute Gasteiger partial charge is 0.251 e. The van der Waals surface area contributed by atoms with E-state index in [0.717, 1.165) is 26.2 Å². The number of hydrogen-bond donors (Lipinski definition) is 1. The molecule has 0 aliphatic heterocycles. The molecule has 2 aromatic heterocycles. The first-order valence-corrected chi connectivity index (χ1v) is 9.44. The van der Waals surface area contributed by atoms with Crippen LogP contribution in [0.5, 0.6) is 0 Å². The summed E-state index contributed by atoms with van der Waals surface area (Å²) in [6, 6.07) is 20.0. The van der Waals surface area contributed by atoms with Crippen molar-refractivity contribution in [3.05, 3.63) is 99.6 Å². The van der Waals surface area contributed by atoms with Crippen molar-refractivity contribution < 1.29 is 9.18 Å². The summed E-state index contributed by atoms with van der Waals surface area (Å²) in [4.78, 5) is 18.9.